The Morgan fingerprint density at radius 1 is 1.19 bits per heavy atom. The number of nitrogens with zero attached hydrogens (tertiary/aromatic N) is 2. The number of nitrogens with one attached hydrogen (secondary N) is 1. The highest BCUT2D eigenvalue weighted by molar-refractivity contribution is 5.49. The van der Waals surface area contributed by atoms with Crippen LogP contribution in [0.4, 0.5) is 0 Å². The number of hydrogen-bond acceptors (Lipinski definition) is 5. The van der Waals surface area contributed by atoms with Crippen molar-refractivity contribution in [1.82, 2.24) is 15.1 Å². The fraction of sp³-hybridized carbons (Fsp3) is 0.333. The van der Waals surface area contributed by atoms with E-state index in [1.807, 2.05) is 25.1 Å². The van der Waals surface area contributed by atoms with Crippen molar-refractivity contribution in [2.24, 2.45) is 0 Å². The van der Waals surface area contributed by atoms with E-state index < -0.39 is 0 Å². The Morgan fingerprint density at radius 2 is 1.90 bits per heavy atom. The van der Waals surface area contributed by atoms with Crippen molar-refractivity contribution >= 4 is 0 Å². The summed E-state index contributed by atoms with van der Waals surface area (Å²) in [5.41, 5.74) is 1.96. The Hall–Kier alpha value is -2.34. The molecule has 0 aliphatic carbocycles. The van der Waals surface area contributed by atoms with E-state index in [9.17, 15) is 4.79 Å². The van der Waals surface area contributed by atoms with Crippen LogP contribution in [-0.4, -0.2) is 31.0 Å². The largest absolute Gasteiger partial charge is 0.493 e. The van der Waals surface area contributed by atoms with E-state index in [4.69, 9.17) is 9.47 Å². The Bertz CT molecular complexity index is 695. The van der Waals surface area contributed by atoms with Crippen LogP contribution in [0.1, 0.15) is 11.4 Å². The molecule has 0 radical (unpaired) electrons. The highest BCUT2D eigenvalue weighted by Gasteiger charge is 2.10. The van der Waals surface area contributed by atoms with Crippen LogP contribution in [0.25, 0.3) is 5.69 Å². The molecular weight excluding hydrogens is 270 g/mol. The summed E-state index contributed by atoms with van der Waals surface area (Å²) in [7, 11) is 4.95. The van der Waals surface area contributed by atoms with Gasteiger partial charge in [0.1, 0.15) is 5.69 Å². The van der Waals surface area contributed by atoms with E-state index in [0.29, 0.717) is 23.7 Å². The Kier molecular flexibility index (Phi) is 4.59. The summed E-state index contributed by atoms with van der Waals surface area (Å²) in [6, 6.07) is 7.09. The number of hydrogen-bond donors (Lipinski definition) is 1. The maximum atomic E-state index is 11.9. The molecule has 0 aliphatic rings. The molecule has 2 rings (SSSR count). The molecule has 0 amide bonds. The average Bonchev–Trinajstić information content (AvgIpc) is 2.49. The van der Waals surface area contributed by atoms with Crippen LogP contribution >= 0.6 is 0 Å². The average molecular weight is 289 g/mol. The van der Waals surface area contributed by atoms with E-state index in [1.165, 1.54) is 0 Å². The first-order chi connectivity index (χ1) is 10.1. The zero-order valence-corrected chi connectivity index (χ0v) is 12.6. The molecule has 1 aromatic carbocycles. The van der Waals surface area contributed by atoms with Gasteiger partial charge in [0.25, 0.3) is 0 Å². The van der Waals surface area contributed by atoms with Crippen LogP contribution in [0.5, 0.6) is 11.5 Å². The molecule has 21 heavy (non-hydrogen) atoms. The van der Waals surface area contributed by atoms with Gasteiger partial charge < -0.3 is 14.8 Å². The van der Waals surface area contributed by atoms with Gasteiger partial charge in [0.15, 0.2) is 11.5 Å². The molecule has 0 spiro atoms. The molecular formula is C15H19N3O3. The van der Waals surface area contributed by atoms with Gasteiger partial charge in [0.05, 0.1) is 19.9 Å². The van der Waals surface area contributed by atoms with Gasteiger partial charge in [-0.25, -0.2) is 4.68 Å². The van der Waals surface area contributed by atoms with Gasteiger partial charge in [0, 0.05) is 24.4 Å². The smallest absolute Gasteiger partial charge is 0.204 e. The van der Waals surface area contributed by atoms with Crippen LogP contribution in [-0.2, 0) is 6.54 Å². The molecule has 0 aliphatic heterocycles. The Balaban J connectivity index is 2.55. The summed E-state index contributed by atoms with van der Waals surface area (Å²) < 4.78 is 12.2. The van der Waals surface area contributed by atoms with Crippen molar-refractivity contribution in [3.63, 3.8) is 0 Å². The van der Waals surface area contributed by atoms with Crippen molar-refractivity contribution in [3.8, 4) is 17.2 Å². The maximum absolute atomic E-state index is 11.9. The third kappa shape index (κ3) is 3.05. The van der Waals surface area contributed by atoms with E-state index in [-0.39, 0.29) is 5.43 Å². The number of aryl methyl sites for hydroxylation is 1. The zero-order chi connectivity index (χ0) is 15.4. The number of methoxy groups -OCH3 is 2. The molecule has 0 fully saturated rings. The number of ether oxygens (including phenoxy) is 2. The summed E-state index contributed by atoms with van der Waals surface area (Å²) in [6.45, 7) is 2.26. The Morgan fingerprint density at radius 3 is 2.52 bits per heavy atom. The monoisotopic (exact) mass is 289 g/mol. The highest BCUT2D eigenvalue weighted by Crippen LogP contribution is 2.29. The molecule has 6 nitrogen and oxygen atoms in total. The van der Waals surface area contributed by atoms with Gasteiger partial charge in [0.2, 0.25) is 5.43 Å². The molecule has 0 atom stereocenters. The lowest BCUT2D eigenvalue weighted by Crippen LogP contribution is -2.22. The molecule has 0 unspecified atom stereocenters. The van der Waals surface area contributed by atoms with Gasteiger partial charge in [-0.1, -0.05) is 0 Å². The first-order valence-electron chi connectivity index (χ1n) is 6.57. The summed E-state index contributed by atoms with van der Waals surface area (Å²) >= 11 is 0. The number of rotatable bonds is 5. The first kappa shape index (κ1) is 15.1. The minimum Gasteiger partial charge on any atom is -0.493 e. The zero-order valence-electron chi connectivity index (χ0n) is 12.6. The minimum atomic E-state index is -0.0708. The fourth-order valence-electron chi connectivity index (χ4n) is 2.09. The molecule has 1 N–H and O–H groups in total. The fourth-order valence-corrected chi connectivity index (χ4v) is 2.09. The van der Waals surface area contributed by atoms with Gasteiger partial charge in [-0.15, -0.1) is 0 Å². The third-order valence-electron chi connectivity index (χ3n) is 3.14. The summed E-state index contributed by atoms with van der Waals surface area (Å²) in [5.74, 6) is 1.26. The van der Waals surface area contributed by atoms with E-state index in [2.05, 4.69) is 10.4 Å². The molecule has 2 aromatic rings. The lowest BCUT2D eigenvalue weighted by molar-refractivity contribution is 0.354. The van der Waals surface area contributed by atoms with Crippen LogP contribution in [0.2, 0.25) is 0 Å². The molecule has 0 saturated heterocycles. The minimum absolute atomic E-state index is 0.0708. The van der Waals surface area contributed by atoms with E-state index >= 15 is 0 Å². The second-order valence-electron chi connectivity index (χ2n) is 4.58. The lowest BCUT2D eigenvalue weighted by Gasteiger charge is -2.14. The van der Waals surface area contributed by atoms with E-state index in [0.717, 1.165) is 11.4 Å². The standard InChI is InChI=1S/C15H19N3O3/c1-10-7-13(19)12(9-16-2)17-18(10)11-5-6-14(20-3)15(8-11)21-4/h5-8,16H,9H2,1-4H3. The quantitative estimate of drug-likeness (QED) is 0.898. The van der Waals surface area contributed by atoms with Crippen molar-refractivity contribution in [2.75, 3.05) is 21.3 Å². The second kappa shape index (κ2) is 6.41. The van der Waals surface area contributed by atoms with Gasteiger partial charge in [-0.3, -0.25) is 4.79 Å². The molecule has 0 saturated carbocycles. The summed E-state index contributed by atoms with van der Waals surface area (Å²) in [5, 5.41) is 7.35. The van der Waals surface area contributed by atoms with Crippen LogP contribution in [0, 0.1) is 6.92 Å². The van der Waals surface area contributed by atoms with Crippen molar-refractivity contribution in [3.05, 3.63) is 45.9 Å². The van der Waals surface area contributed by atoms with Crippen LogP contribution in [0.3, 0.4) is 0 Å². The van der Waals surface area contributed by atoms with Crippen LogP contribution < -0.4 is 20.2 Å². The summed E-state index contributed by atoms with van der Waals surface area (Å²) in [6.07, 6.45) is 0. The van der Waals surface area contributed by atoms with Crippen molar-refractivity contribution < 1.29 is 9.47 Å². The first-order valence-corrected chi connectivity index (χ1v) is 6.57. The Labute approximate surface area is 123 Å². The van der Waals surface area contributed by atoms with Crippen molar-refractivity contribution in [2.45, 2.75) is 13.5 Å². The maximum Gasteiger partial charge on any atom is 0.204 e. The molecule has 1 heterocycles. The van der Waals surface area contributed by atoms with Crippen molar-refractivity contribution in [1.29, 1.82) is 0 Å². The number of aromatic nitrogens is 2. The lowest BCUT2D eigenvalue weighted by atomic mass is 10.2. The topological polar surface area (TPSA) is 65.4 Å². The normalized spacial score (nSPS) is 10.5. The molecule has 1 aromatic heterocycles. The SMILES string of the molecule is CNCc1nn(-c2ccc(OC)c(OC)c2)c(C)cc1=O. The third-order valence-corrected chi connectivity index (χ3v) is 3.14. The molecule has 112 valence electrons. The second-order valence-corrected chi connectivity index (χ2v) is 4.58. The van der Waals surface area contributed by atoms with Gasteiger partial charge in [-0.2, -0.15) is 5.10 Å². The van der Waals surface area contributed by atoms with E-state index in [1.54, 1.807) is 32.0 Å². The predicted molar refractivity (Wildman–Crippen MR) is 80.4 cm³/mol. The summed E-state index contributed by atoms with van der Waals surface area (Å²) in [4.78, 5) is 11.9. The highest BCUT2D eigenvalue weighted by atomic mass is 16.5. The molecule has 0 bridgehead atoms. The van der Waals surface area contributed by atoms with Crippen LogP contribution in [0.15, 0.2) is 29.1 Å². The van der Waals surface area contributed by atoms with Gasteiger partial charge in [-0.05, 0) is 26.1 Å². The number of benzene rings is 1. The molecule has 6 heteroatoms. The van der Waals surface area contributed by atoms with Gasteiger partial charge >= 0.3 is 0 Å². The predicted octanol–water partition coefficient (Wildman–Crippen LogP) is 1.28.